The Morgan fingerprint density at radius 2 is 1.93 bits per heavy atom. The van der Waals surface area contributed by atoms with Crippen LogP contribution in [0.2, 0.25) is 0 Å². The van der Waals surface area contributed by atoms with E-state index in [4.69, 9.17) is 4.74 Å². The molecule has 0 aliphatic carbocycles. The van der Waals surface area contributed by atoms with E-state index in [-0.39, 0.29) is 17.7 Å². The minimum Gasteiger partial charge on any atom is -0.484 e. The molecule has 146 valence electrons. The molecule has 1 atom stereocenters. The number of aromatic nitrogens is 2. The van der Waals surface area contributed by atoms with Crippen LogP contribution >= 0.6 is 0 Å². The summed E-state index contributed by atoms with van der Waals surface area (Å²) in [6.07, 6.45) is -2.56. The van der Waals surface area contributed by atoms with Gasteiger partial charge in [-0.3, -0.25) is 4.79 Å². The molecule has 0 aliphatic heterocycles. The van der Waals surface area contributed by atoms with Gasteiger partial charge in [0.2, 0.25) is 5.91 Å². The van der Waals surface area contributed by atoms with Crippen molar-refractivity contribution >= 4 is 17.5 Å². The van der Waals surface area contributed by atoms with Gasteiger partial charge in [0.15, 0.2) is 12.4 Å². The summed E-state index contributed by atoms with van der Waals surface area (Å²) in [4.78, 5) is 20.0. The number of carbonyl (C=O) groups excluding carboxylic acids is 1. The van der Waals surface area contributed by atoms with Crippen molar-refractivity contribution in [2.75, 3.05) is 17.2 Å². The second-order valence-corrected chi connectivity index (χ2v) is 5.93. The summed E-state index contributed by atoms with van der Waals surface area (Å²) in [5.41, 5.74) is 1.46. The van der Waals surface area contributed by atoms with Gasteiger partial charge in [-0.05, 0) is 31.5 Å². The Morgan fingerprint density at radius 3 is 2.48 bits per heavy atom. The first-order valence-electron chi connectivity index (χ1n) is 8.37. The molecule has 1 amide bonds. The minimum absolute atomic E-state index is 0.148. The second kappa shape index (κ2) is 8.70. The lowest BCUT2D eigenvalue weighted by Crippen LogP contribution is -2.19. The van der Waals surface area contributed by atoms with E-state index in [1.165, 1.54) is 18.3 Å². The van der Waals surface area contributed by atoms with Crippen molar-refractivity contribution in [2.24, 2.45) is 0 Å². The Bertz CT molecular complexity index is 779. The number of carbonyl (C=O) groups is 1. The molecule has 0 fully saturated rings. The van der Waals surface area contributed by atoms with Crippen molar-refractivity contribution in [2.45, 2.75) is 39.4 Å². The monoisotopic (exact) mass is 382 g/mol. The van der Waals surface area contributed by atoms with Crippen LogP contribution in [0.4, 0.5) is 24.8 Å². The van der Waals surface area contributed by atoms with Gasteiger partial charge < -0.3 is 15.4 Å². The number of alkyl halides is 3. The van der Waals surface area contributed by atoms with E-state index in [2.05, 4.69) is 20.6 Å². The van der Waals surface area contributed by atoms with Gasteiger partial charge in [0, 0.05) is 6.42 Å². The highest BCUT2D eigenvalue weighted by Crippen LogP contribution is 2.24. The second-order valence-electron chi connectivity index (χ2n) is 5.93. The van der Waals surface area contributed by atoms with Crippen LogP contribution in [-0.4, -0.2) is 28.7 Å². The zero-order valence-corrected chi connectivity index (χ0v) is 15.2. The van der Waals surface area contributed by atoms with Gasteiger partial charge in [-0.15, -0.1) is 0 Å². The number of rotatable bonds is 7. The lowest BCUT2D eigenvalue weighted by Gasteiger charge is -2.17. The smallest absolute Gasteiger partial charge is 0.422 e. The highest BCUT2D eigenvalue weighted by Gasteiger charge is 2.28. The van der Waals surface area contributed by atoms with Crippen LogP contribution in [0.3, 0.4) is 0 Å². The van der Waals surface area contributed by atoms with Crippen LogP contribution in [0.1, 0.15) is 37.6 Å². The van der Waals surface area contributed by atoms with Crippen molar-refractivity contribution in [3.63, 3.8) is 0 Å². The average molecular weight is 382 g/mol. The Hall–Kier alpha value is -2.84. The summed E-state index contributed by atoms with van der Waals surface area (Å²) in [5.74, 6) is 0.930. The maximum Gasteiger partial charge on any atom is 0.422 e. The van der Waals surface area contributed by atoms with Crippen molar-refractivity contribution in [3.05, 3.63) is 41.7 Å². The van der Waals surface area contributed by atoms with Crippen molar-refractivity contribution in [3.8, 4) is 5.75 Å². The van der Waals surface area contributed by atoms with Crippen molar-refractivity contribution in [1.82, 2.24) is 9.97 Å². The van der Waals surface area contributed by atoms with Gasteiger partial charge in [0.25, 0.3) is 0 Å². The van der Waals surface area contributed by atoms with Crippen LogP contribution < -0.4 is 15.4 Å². The van der Waals surface area contributed by atoms with E-state index < -0.39 is 12.8 Å². The predicted octanol–water partition coefficient (Wildman–Crippen LogP) is 4.25. The molecular weight excluding hydrogens is 361 g/mol. The number of ether oxygens (including phenoxy) is 1. The molecule has 0 spiro atoms. The maximum atomic E-state index is 12.2. The molecule has 1 heterocycles. The summed E-state index contributed by atoms with van der Waals surface area (Å²) in [7, 11) is 0. The zero-order chi connectivity index (χ0) is 20.0. The van der Waals surface area contributed by atoms with Gasteiger partial charge in [-0.25, -0.2) is 9.97 Å². The average Bonchev–Trinajstić information content (AvgIpc) is 2.62. The van der Waals surface area contributed by atoms with E-state index in [0.29, 0.717) is 23.8 Å². The third kappa shape index (κ3) is 6.43. The van der Waals surface area contributed by atoms with E-state index in [0.717, 1.165) is 5.56 Å². The first kappa shape index (κ1) is 20.5. The standard InChI is InChI=1S/C18H21F3N4O2/c1-4-16(26)25-15-9-22-17(12(3)23-15)24-11(2)13-5-7-14(8-6-13)27-10-18(19,20)21/h5-9,11H,4,10H2,1-3H3,(H,22,24)(H,23,25,26). The number of aryl methyl sites for hydroxylation is 1. The number of nitrogens with one attached hydrogen (secondary N) is 2. The lowest BCUT2D eigenvalue weighted by atomic mass is 10.1. The molecule has 27 heavy (non-hydrogen) atoms. The summed E-state index contributed by atoms with van der Waals surface area (Å²) in [6, 6.07) is 6.18. The maximum absolute atomic E-state index is 12.2. The van der Waals surface area contributed by atoms with E-state index in [1.54, 1.807) is 26.0 Å². The quantitative estimate of drug-likeness (QED) is 0.749. The third-order valence-electron chi connectivity index (χ3n) is 3.67. The Labute approximate surface area is 155 Å². The zero-order valence-electron chi connectivity index (χ0n) is 15.2. The van der Waals surface area contributed by atoms with Crippen LogP contribution in [-0.2, 0) is 4.79 Å². The SMILES string of the molecule is CCC(=O)Nc1cnc(NC(C)c2ccc(OCC(F)(F)F)cc2)c(C)n1. The first-order valence-corrected chi connectivity index (χ1v) is 8.37. The molecule has 1 aromatic heterocycles. The van der Waals surface area contributed by atoms with Gasteiger partial charge in [-0.2, -0.15) is 13.2 Å². The van der Waals surface area contributed by atoms with Gasteiger partial charge >= 0.3 is 6.18 Å². The Balaban J connectivity index is 2.00. The topological polar surface area (TPSA) is 76.1 Å². The molecule has 0 radical (unpaired) electrons. The van der Waals surface area contributed by atoms with Crippen LogP contribution in [0.25, 0.3) is 0 Å². The van der Waals surface area contributed by atoms with Crippen molar-refractivity contribution in [1.29, 1.82) is 0 Å². The molecular formula is C18H21F3N4O2. The largest absolute Gasteiger partial charge is 0.484 e. The highest BCUT2D eigenvalue weighted by molar-refractivity contribution is 5.89. The number of halogens is 3. The normalized spacial score (nSPS) is 12.4. The number of benzene rings is 1. The molecule has 0 bridgehead atoms. The molecule has 6 nitrogen and oxygen atoms in total. The van der Waals surface area contributed by atoms with E-state index >= 15 is 0 Å². The summed E-state index contributed by atoms with van der Waals surface area (Å²) < 4.78 is 41.2. The molecule has 2 rings (SSSR count). The molecule has 2 N–H and O–H groups in total. The number of hydrogen-bond acceptors (Lipinski definition) is 5. The van der Waals surface area contributed by atoms with Crippen LogP contribution in [0.15, 0.2) is 30.5 Å². The third-order valence-corrected chi connectivity index (χ3v) is 3.67. The number of amides is 1. The molecule has 1 aromatic carbocycles. The van der Waals surface area contributed by atoms with Crippen molar-refractivity contribution < 1.29 is 22.7 Å². The number of hydrogen-bond donors (Lipinski definition) is 2. The summed E-state index contributed by atoms with van der Waals surface area (Å²) in [5, 5.41) is 5.83. The van der Waals surface area contributed by atoms with Crippen LogP contribution in [0.5, 0.6) is 5.75 Å². The van der Waals surface area contributed by atoms with Gasteiger partial charge in [-0.1, -0.05) is 19.1 Å². The lowest BCUT2D eigenvalue weighted by molar-refractivity contribution is -0.153. The summed E-state index contributed by atoms with van der Waals surface area (Å²) >= 11 is 0. The first-order chi connectivity index (χ1) is 12.7. The van der Waals surface area contributed by atoms with E-state index in [9.17, 15) is 18.0 Å². The Morgan fingerprint density at radius 1 is 1.26 bits per heavy atom. The molecule has 0 saturated carbocycles. The fraction of sp³-hybridized carbons (Fsp3) is 0.389. The molecule has 0 saturated heterocycles. The van der Waals surface area contributed by atoms with Gasteiger partial charge in [0.05, 0.1) is 17.9 Å². The Kier molecular flexibility index (Phi) is 6.59. The molecule has 9 heteroatoms. The summed E-state index contributed by atoms with van der Waals surface area (Å²) in [6.45, 7) is 4.07. The van der Waals surface area contributed by atoms with E-state index in [1.807, 2.05) is 6.92 Å². The fourth-order valence-corrected chi connectivity index (χ4v) is 2.22. The van der Waals surface area contributed by atoms with Gasteiger partial charge in [0.1, 0.15) is 11.6 Å². The number of nitrogens with zero attached hydrogens (tertiary/aromatic N) is 2. The number of anilines is 2. The highest BCUT2D eigenvalue weighted by atomic mass is 19.4. The van der Waals surface area contributed by atoms with Crippen LogP contribution in [0, 0.1) is 6.92 Å². The minimum atomic E-state index is -4.37. The fourth-order valence-electron chi connectivity index (χ4n) is 2.22. The predicted molar refractivity (Wildman–Crippen MR) is 95.7 cm³/mol. The molecule has 1 unspecified atom stereocenters. The molecule has 2 aromatic rings. The molecule has 0 aliphatic rings.